The van der Waals surface area contributed by atoms with E-state index in [2.05, 4.69) is 23.3 Å². The van der Waals surface area contributed by atoms with E-state index >= 15 is 0 Å². The summed E-state index contributed by atoms with van der Waals surface area (Å²) < 4.78 is 5.32. The van der Waals surface area contributed by atoms with Crippen LogP contribution < -0.4 is 15.4 Å². The van der Waals surface area contributed by atoms with Gasteiger partial charge in [-0.1, -0.05) is 11.6 Å². The Bertz CT molecular complexity index is 679. The Labute approximate surface area is 146 Å². The number of hydrogen-bond acceptors (Lipinski definition) is 5. The summed E-state index contributed by atoms with van der Waals surface area (Å²) in [5.74, 6) is 0.0768. The van der Waals surface area contributed by atoms with E-state index < -0.39 is 23.4 Å². The number of rotatable bonds is 6. The van der Waals surface area contributed by atoms with Crippen LogP contribution in [0, 0.1) is 6.92 Å². The number of nitrogens with one attached hydrogen (secondary N) is 2. The largest absolute Gasteiger partial charge is 0.496 e. The molecule has 1 saturated heterocycles. The van der Waals surface area contributed by atoms with Crippen molar-refractivity contribution >= 4 is 30.5 Å². The van der Waals surface area contributed by atoms with E-state index in [-0.39, 0.29) is 6.54 Å². The lowest BCUT2D eigenvalue weighted by Gasteiger charge is -2.24. The molecule has 24 heavy (non-hydrogen) atoms. The molecule has 1 aromatic rings. The molecule has 0 aromatic heterocycles. The van der Waals surface area contributed by atoms with Crippen molar-refractivity contribution in [1.29, 1.82) is 0 Å². The van der Waals surface area contributed by atoms with E-state index in [1.165, 1.54) is 7.11 Å². The van der Waals surface area contributed by atoms with Crippen molar-refractivity contribution < 1.29 is 19.1 Å². The third-order valence-corrected chi connectivity index (χ3v) is 4.13. The molecular formula is C16H21N3O4S. The molecule has 2 rings (SSSR count). The van der Waals surface area contributed by atoms with Crippen molar-refractivity contribution in [3.63, 3.8) is 0 Å². The Kier molecular flexibility index (Phi) is 5.38. The summed E-state index contributed by atoms with van der Waals surface area (Å²) in [6.07, 6.45) is 0. The Morgan fingerprint density at radius 1 is 1.42 bits per heavy atom. The van der Waals surface area contributed by atoms with Gasteiger partial charge in [-0.05, 0) is 26.0 Å². The fourth-order valence-corrected chi connectivity index (χ4v) is 2.74. The summed E-state index contributed by atoms with van der Waals surface area (Å²) in [4.78, 5) is 37.8. The first kappa shape index (κ1) is 18.1. The number of nitrogens with zero attached hydrogens (tertiary/aromatic N) is 1. The minimum Gasteiger partial charge on any atom is -0.496 e. The van der Waals surface area contributed by atoms with E-state index in [1.54, 1.807) is 19.1 Å². The van der Waals surface area contributed by atoms with Crippen LogP contribution in [0.2, 0.25) is 0 Å². The number of carbonyl (C=O) groups is 3. The summed E-state index contributed by atoms with van der Waals surface area (Å²) in [6.45, 7) is 3.53. The summed E-state index contributed by atoms with van der Waals surface area (Å²) in [5.41, 5.74) is 0.207. The van der Waals surface area contributed by atoms with E-state index in [4.69, 9.17) is 4.74 Å². The standard InChI is InChI=1S/C16H21N3O4S/c1-10-4-5-12(23-3)11(8-10)16(2)14(21)19(15(22)18-16)9-13(20)17-6-7-24/h4-5,8,24H,6-7,9H2,1-3H3,(H,17,20)(H,18,22). The lowest BCUT2D eigenvalue weighted by atomic mass is 9.90. The van der Waals surface area contributed by atoms with Gasteiger partial charge in [-0.15, -0.1) is 0 Å². The highest BCUT2D eigenvalue weighted by atomic mass is 32.1. The second-order valence-electron chi connectivity index (χ2n) is 5.72. The first-order valence-electron chi connectivity index (χ1n) is 7.50. The average molecular weight is 351 g/mol. The molecule has 1 unspecified atom stereocenters. The van der Waals surface area contributed by atoms with Gasteiger partial charge < -0.3 is 15.4 Å². The molecule has 130 valence electrons. The highest BCUT2D eigenvalue weighted by molar-refractivity contribution is 7.80. The number of imide groups is 1. The van der Waals surface area contributed by atoms with Gasteiger partial charge in [-0.3, -0.25) is 14.5 Å². The van der Waals surface area contributed by atoms with Gasteiger partial charge in [0.15, 0.2) is 0 Å². The molecule has 1 heterocycles. The van der Waals surface area contributed by atoms with Gasteiger partial charge in [-0.25, -0.2) is 4.79 Å². The molecule has 1 fully saturated rings. The molecule has 2 N–H and O–H groups in total. The second kappa shape index (κ2) is 7.12. The highest BCUT2D eigenvalue weighted by Crippen LogP contribution is 2.35. The lowest BCUT2D eigenvalue weighted by molar-refractivity contribution is -0.134. The van der Waals surface area contributed by atoms with E-state index in [0.717, 1.165) is 10.5 Å². The van der Waals surface area contributed by atoms with Crippen LogP contribution in [0.25, 0.3) is 0 Å². The Hall–Kier alpha value is -2.22. The molecule has 1 atom stereocenters. The summed E-state index contributed by atoms with van der Waals surface area (Å²) in [7, 11) is 1.50. The SMILES string of the molecule is COc1ccc(C)cc1C1(C)NC(=O)N(CC(=O)NCCS)C1=O. The molecule has 1 aliphatic heterocycles. The zero-order valence-corrected chi connectivity index (χ0v) is 14.8. The van der Waals surface area contributed by atoms with Crippen molar-refractivity contribution in [3.8, 4) is 5.75 Å². The zero-order valence-electron chi connectivity index (χ0n) is 13.9. The van der Waals surface area contributed by atoms with Crippen molar-refractivity contribution in [1.82, 2.24) is 15.5 Å². The van der Waals surface area contributed by atoms with Gasteiger partial charge in [0.1, 0.15) is 17.8 Å². The van der Waals surface area contributed by atoms with Crippen LogP contribution >= 0.6 is 12.6 Å². The smallest absolute Gasteiger partial charge is 0.325 e. The summed E-state index contributed by atoms with van der Waals surface area (Å²) in [5, 5.41) is 5.26. The topological polar surface area (TPSA) is 87.7 Å². The van der Waals surface area contributed by atoms with E-state index in [1.807, 2.05) is 13.0 Å². The number of thiol groups is 1. The molecule has 0 spiro atoms. The molecule has 7 nitrogen and oxygen atoms in total. The van der Waals surface area contributed by atoms with Crippen LogP contribution in [0.1, 0.15) is 18.1 Å². The Balaban J connectivity index is 2.29. The van der Waals surface area contributed by atoms with Crippen molar-refractivity contribution in [2.24, 2.45) is 0 Å². The molecule has 1 aromatic carbocycles. The number of benzene rings is 1. The molecule has 0 aliphatic carbocycles. The number of carbonyl (C=O) groups excluding carboxylic acids is 3. The van der Waals surface area contributed by atoms with Crippen LogP contribution in [-0.2, 0) is 15.1 Å². The normalized spacial score (nSPS) is 20.1. The maximum absolute atomic E-state index is 12.8. The van der Waals surface area contributed by atoms with Crippen LogP contribution in [0.3, 0.4) is 0 Å². The van der Waals surface area contributed by atoms with Gasteiger partial charge in [-0.2, -0.15) is 12.6 Å². The summed E-state index contributed by atoms with van der Waals surface area (Å²) in [6, 6.07) is 4.79. The number of ether oxygens (including phenoxy) is 1. The molecule has 0 bridgehead atoms. The van der Waals surface area contributed by atoms with Crippen molar-refractivity contribution in [2.75, 3.05) is 26.0 Å². The predicted octanol–water partition coefficient (Wildman–Crippen LogP) is 0.817. The highest BCUT2D eigenvalue weighted by Gasteiger charge is 2.50. The van der Waals surface area contributed by atoms with Crippen LogP contribution in [0.5, 0.6) is 5.75 Å². The van der Waals surface area contributed by atoms with E-state index in [0.29, 0.717) is 23.6 Å². The quantitative estimate of drug-likeness (QED) is 0.523. The fraction of sp³-hybridized carbons (Fsp3) is 0.438. The molecule has 8 heteroatoms. The predicted molar refractivity (Wildman–Crippen MR) is 92.2 cm³/mol. The first-order valence-corrected chi connectivity index (χ1v) is 8.13. The average Bonchev–Trinajstić information content (AvgIpc) is 2.77. The molecule has 1 aliphatic rings. The van der Waals surface area contributed by atoms with Crippen molar-refractivity contribution in [3.05, 3.63) is 29.3 Å². The Morgan fingerprint density at radius 3 is 2.75 bits per heavy atom. The maximum Gasteiger partial charge on any atom is 0.325 e. The maximum atomic E-state index is 12.8. The van der Waals surface area contributed by atoms with Crippen LogP contribution in [0.15, 0.2) is 18.2 Å². The zero-order chi connectivity index (χ0) is 17.9. The minimum atomic E-state index is -1.28. The number of methoxy groups -OCH3 is 1. The third-order valence-electron chi connectivity index (χ3n) is 3.90. The second-order valence-corrected chi connectivity index (χ2v) is 6.17. The number of amides is 4. The third kappa shape index (κ3) is 3.33. The van der Waals surface area contributed by atoms with Gasteiger partial charge in [0.2, 0.25) is 5.91 Å². The number of aryl methyl sites for hydroxylation is 1. The molecule has 4 amide bonds. The van der Waals surface area contributed by atoms with Gasteiger partial charge in [0.05, 0.1) is 7.11 Å². The summed E-state index contributed by atoms with van der Waals surface area (Å²) >= 11 is 4.00. The molecule has 0 radical (unpaired) electrons. The monoisotopic (exact) mass is 351 g/mol. The Morgan fingerprint density at radius 2 is 2.12 bits per heavy atom. The van der Waals surface area contributed by atoms with Gasteiger partial charge in [0.25, 0.3) is 5.91 Å². The number of hydrogen-bond donors (Lipinski definition) is 3. The fourth-order valence-electron chi connectivity index (χ4n) is 2.63. The molecule has 0 saturated carbocycles. The molecular weight excluding hydrogens is 330 g/mol. The first-order chi connectivity index (χ1) is 11.3. The van der Waals surface area contributed by atoms with Gasteiger partial charge >= 0.3 is 6.03 Å². The van der Waals surface area contributed by atoms with Gasteiger partial charge in [0, 0.05) is 17.9 Å². The van der Waals surface area contributed by atoms with Crippen LogP contribution in [-0.4, -0.2) is 48.7 Å². The van der Waals surface area contributed by atoms with Crippen LogP contribution in [0.4, 0.5) is 4.79 Å². The minimum absolute atomic E-state index is 0.331. The van der Waals surface area contributed by atoms with Crippen molar-refractivity contribution in [2.45, 2.75) is 19.4 Å². The number of urea groups is 1. The van der Waals surface area contributed by atoms with E-state index in [9.17, 15) is 14.4 Å². The lowest BCUT2D eigenvalue weighted by Crippen LogP contribution is -2.43.